The zero-order valence-corrected chi connectivity index (χ0v) is 12.6. The number of alkyl halides is 1. The lowest BCUT2D eigenvalue weighted by atomic mass is 10.1. The molecule has 0 radical (unpaired) electrons. The molecular formula is C13H22ClN3O. The van der Waals surface area contributed by atoms with E-state index in [0.29, 0.717) is 18.1 Å². The maximum atomic E-state index is 12.5. The van der Waals surface area contributed by atoms with Gasteiger partial charge >= 0.3 is 0 Å². The molecule has 1 heterocycles. The summed E-state index contributed by atoms with van der Waals surface area (Å²) in [6, 6.07) is 1.87. The summed E-state index contributed by atoms with van der Waals surface area (Å²) in [6.45, 7) is 8.60. The molecule has 0 aliphatic rings. The Hall–Kier alpha value is -1.03. The van der Waals surface area contributed by atoms with Crippen molar-refractivity contribution in [1.29, 1.82) is 0 Å². The van der Waals surface area contributed by atoms with Crippen molar-refractivity contribution in [1.82, 2.24) is 14.7 Å². The van der Waals surface area contributed by atoms with Gasteiger partial charge in [0.05, 0.1) is 11.2 Å². The molecule has 0 spiro atoms. The van der Waals surface area contributed by atoms with Crippen LogP contribution in [0.4, 0.5) is 0 Å². The summed E-state index contributed by atoms with van der Waals surface area (Å²) in [5.41, 5.74) is 1.21. The van der Waals surface area contributed by atoms with Crippen molar-refractivity contribution in [3.63, 3.8) is 0 Å². The highest BCUT2D eigenvalue weighted by Crippen LogP contribution is 2.18. The van der Waals surface area contributed by atoms with Crippen molar-refractivity contribution in [2.45, 2.75) is 46.2 Å². The topological polar surface area (TPSA) is 38.1 Å². The van der Waals surface area contributed by atoms with Gasteiger partial charge < -0.3 is 4.90 Å². The van der Waals surface area contributed by atoms with Crippen LogP contribution in [-0.4, -0.2) is 39.1 Å². The van der Waals surface area contributed by atoms with Gasteiger partial charge in [-0.25, -0.2) is 0 Å². The number of carbonyl (C=O) groups is 1. The van der Waals surface area contributed by atoms with Crippen LogP contribution in [0.15, 0.2) is 6.07 Å². The summed E-state index contributed by atoms with van der Waals surface area (Å²) in [7, 11) is 1.78. The molecule has 0 bridgehead atoms. The maximum absolute atomic E-state index is 12.5. The van der Waals surface area contributed by atoms with Crippen LogP contribution in [0.25, 0.3) is 0 Å². The second-order valence-corrected chi connectivity index (χ2v) is 5.27. The summed E-state index contributed by atoms with van der Waals surface area (Å²) < 4.78 is 1.75. The molecule has 0 saturated carbocycles. The Bertz CT molecular complexity index is 426. The first kappa shape index (κ1) is 15.0. The molecule has 1 amide bonds. The Kier molecular flexibility index (Phi) is 4.79. The van der Waals surface area contributed by atoms with Crippen LogP contribution in [0.1, 0.15) is 43.9 Å². The number of aromatic nitrogens is 2. The molecule has 1 aromatic rings. The third kappa shape index (κ3) is 2.86. The first-order valence-corrected chi connectivity index (χ1v) is 6.81. The van der Waals surface area contributed by atoms with Crippen LogP contribution in [0.3, 0.4) is 0 Å². The quantitative estimate of drug-likeness (QED) is 0.772. The van der Waals surface area contributed by atoms with Crippen molar-refractivity contribution in [2.75, 3.05) is 12.9 Å². The minimum Gasteiger partial charge on any atom is -0.334 e. The van der Waals surface area contributed by atoms with E-state index in [0.717, 1.165) is 12.1 Å². The molecule has 0 fully saturated rings. The van der Waals surface area contributed by atoms with Crippen LogP contribution in [0.5, 0.6) is 0 Å². The number of halogens is 1. The fraction of sp³-hybridized carbons (Fsp3) is 0.692. The maximum Gasteiger partial charge on any atom is 0.272 e. The van der Waals surface area contributed by atoms with Gasteiger partial charge in [0.25, 0.3) is 5.91 Å². The summed E-state index contributed by atoms with van der Waals surface area (Å²) >= 11 is 5.91. The van der Waals surface area contributed by atoms with Crippen LogP contribution in [0, 0.1) is 0 Å². The molecule has 0 aliphatic heterocycles. The number of hydrogen-bond acceptors (Lipinski definition) is 2. The van der Waals surface area contributed by atoms with E-state index in [1.807, 2.05) is 33.8 Å². The van der Waals surface area contributed by atoms with Crippen molar-refractivity contribution in [3.05, 3.63) is 17.5 Å². The van der Waals surface area contributed by atoms with Gasteiger partial charge in [-0.15, -0.1) is 11.6 Å². The lowest BCUT2D eigenvalue weighted by molar-refractivity contribution is 0.0647. The Morgan fingerprint density at radius 1 is 1.50 bits per heavy atom. The minimum atomic E-state index is -0.367. The molecule has 0 atom stereocenters. The van der Waals surface area contributed by atoms with Gasteiger partial charge in [0.15, 0.2) is 0 Å². The molecule has 0 aromatic carbocycles. The van der Waals surface area contributed by atoms with E-state index in [1.165, 1.54) is 0 Å². The lowest BCUT2D eigenvalue weighted by Crippen LogP contribution is -2.47. The Labute approximate surface area is 114 Å². The Morgan fingerprint density at radius 3 is 2.56 bits per heavy atom. The number of hydrogen-bond donors (Lipinski definition) is 0. The molecule has 5 heteroatoms. The first-order chi connectivity index (χ1) is 8.37. The summed E-state index contributed by atoms with van der Waals surface area (Å²) in [4.78, 5) is 14.1. The number of carbonyl (C=O) groups excluding carboxylic acids is 1. The zero-order chi connectivity index (χ0) is 13.9. The van der Waals surface area contributed by atoms with E-state index < -0.39 is 0 Å². The van der Waals surface area contributed by atoms with Gasteiger partial charge in [0.1, 0.15) is 5.69 Å². The van der Waals surface area contributed by atoms with E-state index in [1.54, 1.807) is 16.6 Å². The van der Waals surface area contributed by atoms with E-state index in [-0.39, 0.29) is 11.4 Å². The van der Waals surface area contributed by atoms with Gasteiger partial charge in [-0.2, -0.15) is 5.10 Å². The number of nitrogens with zero attached hydrogens (tertiary/aromatic N) is 3. The molecule has 0 N–H and O–H groups in total. The molecule has 18 heavy (non-hydrogen) atoms. The predicted octanol–water partition coefficient (Wildman–Crippen LogP) is 2.55. The highest BCUT2D eigenvalue weighted by Gasteiger charge is 2.29. The van der Waals surface area contributed by atoms with Gasteiger partial charge in [-0.05, 0) is 33.3 Å². The highest BCUT2D eigenvalue weighted by atomic mass is 35.5. The smallest absolute Gasteiger partial charge is 0.272 e. The largest absolute Gasteiger partial charge is 0.334 e. The van der Waals surface area contributed by atoms with Crippen LogP contribution in [0.2, 0.25) is 0 Å². The molecule has 0 unspecified atom stereocenters. The van der Waals surface area contributed by atoms with Crippen LogP contribution < -0.4 is 0 Å². The second-order valence-electron chi connectivity index (χ2n) is 5.00. The van der Waals surface area contributed by atoms with Crippen molar-refractivity contribution < 1.29 is 4.79 Å². The molecular weight excluding hydrogens is 250 g/mol. The molecule has 1 rings (SSSR count). The normalized spacial score (nSPS) is 11.7. The van der Waals surface area contributed by atoms with Crippen molar-refractivity contribution in [3.8, 4) is 0 Å². The number of rotatable bonds is 5. The van der Waals surface area contributed by atoms with E-state index >= 15 is 0 Å². The monoisotopic (exact) mass is 271 g/mol. The third-order valence-corrected chi connectivity index (χ3v) is 3.91. The predicted molar refractivity (Wildman–Crippen MR) is 74.2 cm³/mol. The minimum absolute atomic E-state index is 0.0327. The zero-order valence-electron chi connectivity index (χ0n) is 11.8. The van der Waals surface area contributed by atoms with Crippen LogP contribution in [-0.2, 0) is 13.0 Å². The Morgan fingerprint density at radius 2 is 2.11 bits per heavy atom. The standard InChI is InChI=1S/C13H22ClN3O/c1-6-10-8-11(17(7-2)15-10)12(18)16(5)13(3,4)9-14/h8H,6-7,9H2,1-5H3. The van der Waals surface area contributed by atoms with Gasteiger partial charge in [0, 0.05) is 19.5 Å². The fourth-order valence-corrected chi connectivity index (χ4v) is 1.77. The average Bonchev–Trinajstić information content (AvgIpc) is 2.80. The first-order valence-electron chi connectivity index (χ1n) is 6.28. The summed E-state index contributed by atoms with van der Waals surface area (Å²) in [5.74, 6) is 0.366. The summed E-state index contributed by atoms with van der Waals surface area (Å²) in [5, 5.41) is 4.39. The van der Waals surface area contributed by atoms with Gasteiger partial charge in [-0.1, -0.05) is 6.92 Å². The average molecular weight is 272 g/mol. The molecule has 4 nitrogen and oxygen atoms in total. The SMILES string of the molecule is CCc1cc(C(=O)N(C)C(C)(C)CCl)n(CC)n1. The molecule has 102 valence electrons. The van der Waals surface area contributed by atoms with E-state index in [9.17, 15) is 4.79 Å². The molecule has 0 saturated heterocycles. The van der Waals surface area contributed by atoms with Gasteiger partial charge in [0.2, 0.25) is 0 Å². The van der Waals surface area contributed by atoms with Gasteiger partial charge in [-0.3, -0.25) is 9.48 Å². The molecule has 0 aliphatic carbocycles. The summed E-state index contributed by atoms with van der Waals surface area (Å²) in [6.07, 6.45) is 0.829. The van der Waals surface area contributed by atoms with Crippen LogP contribution >= 0.6 is 11.6 Å². The number of amides is 1. The second kappa shape index (κ2) is 5.74. The van der Waals surface area contributed by atoms with Crippen molar-refractivity contribution in [2.24, 2.45) is 0 Å². The third-order valence-electron chi connectivity index (χ3n) is 3.25. The number of aryl methyl sites for hydroxylation is 2. The van der Waals surface area contributed by atoms with E-state index in [2.05, 4.69) is 5.10 Å². The lowest BCUT2D eigenvalue weighted by Gasteiger charge is -2.33. The highest BCUT2D eigenvalue weighted by molar-refractivity contribution is 6.18. The molecule has 1 aromatic heterocycles. The fourth-order valence-electron chi connectivity index (χ4n) is 1.59. The Balaban J connectivity index is 3.06. The van der Waals surface area contributed by atoms with Crippen molar-refractivity contribution >= 4 is 17.5 Å². The van der Waals surface area contributed by atoms with E-state index in [4.69, 9.17) is 11.6 Å².